The Hall–Kier alpha value is -2.41. The van der Waals surface area contributed by atoms with Gasteiger partial charge in [-0.1, -0.05) is 18.2 Å². The average Bonchev–Trinajstić information content (AvgIpc) is 2.53. The van der Waals surface area contributed by atoms with Crippen LogP contribution in [0.4, 0.5) is 15.8 Å². The molecule has 26 heavy (non-hydrogen) atoms. The Morgan fingerprint density at radius 3 is 2.54 bits per heavy atom. The summed E-state index contributed by atoms with van der Waals surface area (Å²) >= 11 is 0. The van der Waals surface area contributed by atoms with Crippen molar-refractivity contribution < 1.29 is 17.6 Å². The van der Waals surface area contributed by atoms with Gasteiger partial charge in [0.1, 0.15) is 5.82 Å². The molecule has 2 aromatic carbocycles. The van der Waals surface area contributed by atoms with Gasteiger partial charge in [0, 0.05) is 18.7 Å². The lowest BCUT2D eigenvalue weighted by Crippen LogP contribution is -2.32. The fraction of sp³-hybridized carbons (Fsp3) is 0.316. The molecule has 0 atom stereocenters. The van der Waals surface area contributed by atoms with E-state index in [0.717, 1.165) is 17.4 Å². The van der Waals surface area contributed by atoms with E-state index in [2.05, 4.69) is 5.32 Å². The highest BCUT2D eigenvalue weighted by Crippen LogP contribution is 2.24. The van der Waals surface area contributed by atoms with Gasteiger partial charge in [-0.15, -0.1) is 0 Å². The van der Waals surface area contributed by atoms with Crippen molar-refractivity contribution in [1.82, 2.24) is 0 Å². The Balaban J connectivity index is 2.02. The number of anilines is 2. The number of halogens is 1. The number of amides is 1. The van der Waals surface area contributed by atoms with Crippen LogP contribution in [0.1, 0.15) is 24.0 Å². The largest absolute Gasteiger partial charge is 0.326 e. The van der Waals surface area contributed by atoms with Crippen molar-refractivity contribution in [3.8, 4) is 0 Å². The van der Waals surface area contributed by atoms with Gasteiger partial charge in [-0.25, -0.2) is 12.8 Å². The standard InChI is InChI=1S/C19H23FN2O3S/c1-14-9-10-15(2)18(12-14)22(26(3,24)25)11-5-8-19(23)21-17-7-4-6-16(20)13-17/h4,6-7,9-10,12-13H,5,8,11H2,1-3H3,(H,21,23). The van der Waals surface area contributed by atoms with Crippen LogP contribution in [0.15, 0.2) is 42.5 Å². The number of benzene rings is 2. The molecule has 0 fully saturated rings. The number of carbonyl (C=O) groups excluding carboxylic acids is 1. The van der Waals surface area contributed by atoms with Gasteiger partial charge >= 0.3 is 0 Å². The topological polar surface area (TPSA) is 66.5 Å². The molecule has 2 rings (SSSR count). The molecule has 2 aromatic rings. The van der Waals surface area contributed by atoms with Crippen molar-refractivity contribution in [2.75, 3.05) is 22.4 Å². The van der Waals surface area contributed by atoms with Crippen molar-refractivity contribution in [2.45, 2.75) is 26.7 Å². The van der Waals surface area contributed by atoms with E-state index in [0.29, 0.717) is 17.8 Å². The van der Waals surface area contributed by atoms with Gasteiger partial charge < -0.3 is 5.32 Å². The lowest BCUT2D eigenvalue weighted by Gasteiger charge is -2.24. The molecule has 7 heteroatoms. The maximum absolute atomic E-state index is 13.1. The fourth-order valence-electron chi connectivity index (χ4n) is 2.63. The van der Waals surface area contributed by atoms with E-state index in [1.54, 1.807) is 6.07 Å². The SMILES string of the molecule is Cc1ccc(C)c(N(CCCC(=O)Nc2cccc(F)c2)S(C)(=O)=O)c1. The third kappa shape index (κ3) is 5.56. The molecule has 0 spiro atoms. The third-order valence-corrected chi connectivity index (χ3v) is 5.09. The summed E-state index contributed by atoms with van der Waals surface area (Å²) in [7, 11) is -3.47. The zero-order valence-corrected chi connectivity index (χ0v) is 15.9. The molecule has 0 aliphatic heterocycles. The van der Waals surface area contributed by atoms with E-state index in [4.69, 9.17) is 0 Å². The van der Waals surface area contributed by atoms with Crippen LogP contribution in [0.3, 0.4) is 0 Å². The van der Waals surface area contributed by atoms with Crippen LogP contribution >= 0.6 is 0 Å². The highest BCUT2D eigenvalue weighted by Gasteiger charge is 2.19. The van der Waals surface area contributed by atoms with Crippen LogP contribution in [0.25, 0.3) is 0 Å². The van der Waals surface area contributed by atoms with Gasteiger partial charge in [0.2, 0.25) is 15.9 Å². The number of sulfonamides is 1. The summed E-state index contributed by atoms with van der Waals surface area (Å²) in [6, 6.07) is 11.3. The lowest BCUT2D eigenvalue weighted by atomic mass is 10.1. The average molecular weight is 378 g/mol. The first-order valence-corrected chi connectivity index (χ1v) is 10.1. The third-order valence-electron chi connectivity index (χ3n) is 3.91. The van der Waals surface area contributed by atoms with Gasteiger partial charge in [-0.2, -0.15) is 0 Å². The lowest BCUT2D eigenvalue weighted by molar-refractivity contribution is -0.116. The second-order valence-electron chi connectivity index (χ2n) is 6.29. The van der Waals surface area contributed by atoms with Crippen molar-refractivity contribution in [2.24, 2.45) is 0 Å². The Morgan fingerprint density at radius 2 is 1.88 bits per heavy atom. The normalized spacial score (nSPS) is 11.2. The summed E-state index contributed by atoms with van der Waals surface area (Å²) in [6.45, 7) is 3.94. The smallest absolute Gasteiger partial charge is 0.232 e. The summed E-state index contributed by atoms with van der Waals surface area (Å²) in [5, 5.41) is 2.61. The van der Waals surface area contributed by atoms with Gasteiger partial charge in [0.25, 0.3) is 0 Å². The zero-order chi connectivity index (χ0) is 19.3. The molecule has 0 aliphatic rings. The summed E-state index contributed by atoms with van der Waals surface area (Å²) in [4.78, 5) is 12.0. The van der Waals surface area contributed by atoms with Crippen molar-refractivity contribution in [3.05, 3.63) is 59.4 Å². The molecule has 1 amide bonds. The molecular formula is C19H23FN2O3S. The first kappa shape index (κ1) is 19.9. The zero-order valence-electron chi connectivity index (χ0n) is 15.1. The van der Waals surface area contributed by atoms with Crippen molar-refractivity contribution >= 4 is 27.3 Å². The van der Waals surface area contributed by atoms with Crippen LogP contribution in [0, 0.1) is 19.7 Å². The molecule has 1 N–H and O–H groups in total. The van der Waals surface area contributed by atoms with Crippen LogP contribution < -0.4 is 9.62 Å². The summed E-state index contributed by atoms with van der Waals surface area (Å²) in [5.74, 6) is -0.717. The summed E-state index contributed by atoms with van der Waals surface area (Å²) < 4.78 is 38.8. The van der Waals surface area contributed by atoms with Crippen LogP contribution in [0.2, 0.25) is 0 Å². The first-order valence-electron chi connectivity index (χ1n) is 8.27. The predicted molar refractivity (Wildman–Crippen MR) is 102 cm³/mol. The van der Waals surface area contributed by atoms with Crippen LogP contribution in [0.5, 0.6) is 0 Å². The minimum atomic E-state index is -3.47. The van der Waals surface area contributed by atoms with Gasteiger partial charge in [0.15, 0.2) is 0 Å². The maximum Gasteiger partial charge on any atom is 0.232 e. The molecule has 0 unspecified atom stereocenters. The quantitative estimate of drug-likeness (QED) is 0.800. The van der Waals surface area contributed by atoms with Crippen molar-refractivity contribution in [1.29, 1.82) is 0 Å². The number of rotatable bonds is 7. The minimum Gasteiger partial charge on any atom is -0.326 e. The molecule has 0 aromatic heterocycles. The molecule has 0 bridgehead atoms. The summed E-state index contributed by atoms with van der Waals surface area (Å²) in [5.41, 5.74) is 2.82. The predicted octanol–water partition coefficient (Wildman–Crippen LogP) is 3.63. The fourth-order valence-corrected chi connectivity index (χ4v) is 3.64. The number of nitrogens with zero attached hydrogens (tertiary/aromatic N) is 1. The molecule has 5 nitrogen and oxygen atoms in total. The van der Waals surface area contributed by atoms with Gasteiger partial charge in [-0.05, 0) is 55.7 Å². The second kappa shape index (κ2) is 8.31. The van der Waals surface area contributed by atoms with Gasteiger partial charge in [0.05, 0.1) is 11.9 Å². The highest BCUT2D eigenvalue weighted by atomic mass is 32.2. The maximum atomic E-state index is 13.1. The van der Waals surface area contributed by atoms with Crippen molar-refractivity contribution in [3.63, 3.8) is 0 Å². The molecule has 0 heterocycles. The Morgan fingerprint density at radius 1 is 1.15 bits per heavy atom. The minimum absolute atomic E-state index is 0.132. The molecule has 0 saturated carbocycles. The van der Waals surface area contributed by atoms with E-state index in [9.17, 15) is 17.6 Å². The van der Waals surface area contributed by atoms with E-state index >= 15 is 0 Å². The molecular weight excluding hydrogens is 355 g/mol. The highest BCUT2D eigenvalue weighted by molar-refractivity contribution is 7.92. The molecule has 140 valence electrons. The van der Waals surface area contributed by atoms with E-state index in [-0.39, 0.29) is 18.9 Å². The summed E-state index contributed by atoms with van der Waals surface area (Å²) in [6.07, 6.45) is 1.64. The Labute approximate surface area is 153 Å². The van der Waals surface area contributed by atoms with Crippen LogP contribution in [-0.4, -0.2) is 27.1 Å². The number of carbonyl (C=O) groups is 1. The Kier molecular flexibility index (Phi) is 6.37. The number of hydrogen-bond acceptors (Lipinski definition) is 3. The number of hydrogen-bond donors (Lipinski definition) is 1. The van der Waals surface area contributed by atoms with Gasteiger partial charge in [-0.3, -0.25) is 9.10 Å². The monoisotopic (exact) mass is 378 g/mol. The Bertz CT molecular complexity index is 897. The van der Waals surface area contributed by atoms with E-state index < -0.39 is 15.8 Å². The molecule has 0 radical (unpaired) electrons. The van der Waals surface area contributed by atoms with E-state index in [1.807, 2.05) is 32.0 Å². The number of nitrogens with one attached hydrogen (secondary N) is 1. The first-order chi connectivity index (χ1) is 12.2. The number of aryl methyl sites for hydroxylation is 2. The van der Waals surface area contributed by atoms with Crippen LogP contribution in [-0.2, 0) is 14.8 Å². The second-order valence-corrected chi connectivity index (χ2v) is 8.19. The molecule has 0 aliphatic carbocycles. The van der Waals surface area contributed by atoms with E-state index in [1.165, 1.54) is 22.5 Å². The molecule has 0 saturated heterocycles.